The van der Waals surface area contributed by atoms with Crippen LogP contribution in [0, 0.1) is 11.3 Å². The lowest BCUT2D eigenvalue weighted by Crippen LogP contribution is -2.19. The van der Waals surface area contributed by atoms with Crippen LogP contribution in [0.1, 0.15) is 24.5 Å². The van der Waals surface area contributed by atoms with Crippen LogP contribution in [0.25, 0.3) is 0 Å². The summed E-state index contributed by atoms with van der Waals surface area (Å²) in [7, 11) is 0. The minimum Gasteiger partial charge on any atom is -0.466 e. The Morgan fingerprint density at radius 3 is 2.94 bits per heavy atom. The summed E-state index contributed by atoms with van der Waals surface area (Å²) in [6, 6.07) is 7.17. The summed E-state index contributed by atoms with van der Waals surface area (Å²) in [6.07, 6.45) is 0.335. The first-order valence-electron chi connectivity index (χ1n) is 5.72. The number of nitrogens with zero attached hydrogens (tertiary/aromatic N) is 1. The summed E-state index contributed by atoms with van der Waals surface area (Å²) >= 11 is 6.02. The van der Waals surface area contributed by atoms with Crippen molar-refractivity contribution in [3.63, 3.8) is 0 Å². The minimum atomic E-state index is -0.212. The maximum atomic E-state index is 11.1. The molecular weight excluding hydrogens is 252 g/mol. The van der Waals surface area contributed by atoms with E-state index in [4.69, 9.17) is 21.6 Å². The Morgan fingerprint density at radius 2 is 2.33 bits per heavy atom. The average molecular weight is 267 g/mol. The summed E-state index contributed by atoms with van der Waals surface area (Å²) in [6.45, 7) is 3.28. The lowest BCUT2D eigenvalue weighted by atomic mass is 10.1. The molecule has 0 fully saturated rings. The zero-order chi connectivity index (χ0) is 13.4. The van der Waals surface area contributed by atoms with Crippen LogP contribution >= 0.6 is 11.6 Å². The number of ether oxygens (including phenoxy) is 1. The van der Waals surface area contributed by atoms with Gasteiger partial charge in [-0.25, -0.2) is 0 Å². The third-order valence-corrected chi connectivity index (χ3v) is 2.66. The number of carbonyl (C=O) groups is 1. The fraction of sp³-hybridized carbons (Fsp3) is 0.385. The number of rotatable bonds is 6. The van der Waals surface area contributed by atoms with Crippen molar-refractivity contribution in [2.45, 2.75) is 19.9 Å². The van der Waals surface area contributed by atoms with Gasteiger partial charge in [0.1, 0.15) is 0 Å². The molecule has 0 aliphatic heterocycles. The predicted octanol–water partition coefficient (Wildman–Crippen LogP) is 2.25. The Balaban J connectivity index is 2.36. The van der Waals surface area contributed by atoms with Crippen molar-refractivity contribution >= 4 is 17.6 Å². The molecule has 0 aromatic heterocycles. The Morgan fingerprint density at radius 1 is 1.56 bits per heavy atom. The van der Waals surface area contributed by atoms with Crippen LogP contribution < -0.4 is 5.32 Å². The van der Waals surface area contributed by atoms with Crippen molar-refractivity contribution in [3.05, 3.63) is 34.3 Å². The predicted molar refractivity (Wildman–Crippen MR) is 69.1 cm³/mol. The van der Waals surface area contributed by atoms with Gasteiger partial charge in [0.2, 0.25) is 0 Å². The normalized spacial score (nSPS) is 9.83. The lowest BCUT2D eigenvalue weighted by molar-refractivity contribution is -0.142. The van der Waals surface area contributed by atoms with Crippen LogP contribution in [0.5, 0.6) is 0 Å². The van der Waals surface area contributed by atoms with Crippen LogP contribution in [0.15, 0.2) is 18.2 Å². The van der Waals surface area contributed by atoms with Crippen LogP contribution in [0.4, 0.5) is 0 Å². The van der Waals surface area contributed by atoms with Gasteiger partial charge in [-0.15, -0.1) is 0 Å². The molecule has 0 saturated carbocycles. The monoisotopic (exact) mass is 266 g/mol. The van der Waals surface area contributed by atoms with Gasteiger partial charge >= 0.3 is 5.97 Å². The SMILES string of the molecule is CCOC(=O)CCNCc1ccc(C#N)cc1Cl. The standard InChI is InChI=1S/C13H15ClN2O2/c1-2-18-13(17)5-6-16-9-11-4-3-10(8-15)7-12(11)14/h3-4,7,16H,2,5-6,9H2,1H3. The van der Waals surface area contributed by atoms with E-state index in [9.17, 15) is 4.79 Å². The van der Waals surface area contributed by atoms with E-state index < -0.39 is 0 Å². The molecule has 5 heteroatoms. The van der Waals surface area contributed by atoms with Gasteiger partial charge in [0, 0.05) is 18.1 Å². The molecule has 0 bridgehead atoms. The first kappa shape index (κ1) is 14.5. The van der Waals surface area contributed by atoms with Gasteiger partial charge in [-0.3, -0.25) is 4.79 Å². The highest BCUT2D eigenvalue weighted by molar-refractivity contribution is 6.31. The number of hydrogen-bond acceptors (Lipinski definition) is 4. The molecule has 0 aliphatic carbocycles. The zero-order valence-electron chi connectivity index (χ0n) is 10.2. The maximum absolute atomic E-state index is 11.1. The Kier molecular flexibility index (Phi) is 6.20. The van der Waals surface area contributed by atoms with E-state index in [1.54, 1.807) is 25.1 Å². The molecule has 18 heavy (non-hydrogen) atoms. The third kappa shape index (κ3) is 4.74. The molecule has 0 spiro atoms. The second kappa shape index (κ2) is 7.70. The molecule has 0 heterocycles. The molecule has 0 atom stereocenters. The fourth-order valence-electron chi connectivity index (χ4n) is 1.41. The Bertz CT molecular complexity index is 455. The molecule has 0 saturated heterocycles. The van der Waals surface area contributed by atoms with Gasteiger partial charge < -0.3 is 10.1 Å². The zero-order valence-corrected chi connectivity index (χ0v) is 11.0. The van der Waals surface area contributed by atoms with E-state index in [1.165, 1.54) is 0 Å². The molecule has 0 unspecified atom stereocenters. The summed E-state index contributed by atoms with van der Waals surface area (Å²) < 4.78 is 4.81. The minimum absolute atomic E-state index is 0.212. The molecule has 1 aromatic carbocycles. The molecule has 4 nitrogen and oxygen atoms in total. The molecule has 0 radical (unpaired) electrons. The molecule has 1 rings (SSSR count). The summed E-state index contributed by atoms with van der Waals surface area (Å²) in [5.41, 5.74) is 1.44. The second-order valence-corrected chi connectivity index (χ2v) is 4.06. The summed E-state index contributed by atoms with van der Waals surface area (Å²) in [4.78, 5) is 11.1. The smallest absolute Gasteiger partial charge is 0.307 e. The van der Waals surface area contributed by atoms with Gasteiger partial charge in [-0.1, -0.05) is 17.7 Å². The van der Waals surface area contributed by atoms with E-state index in [2.05, 4.69) is 5.32 Å². The van der Waals surface area contributed by atoms with Gasteiger partial charge in [0.25, 0.3) is 0 Å². The molecule has 96 valence electrons. The van der Waals surface area contributed by atoms with Gasteiger partial charge in [-0.05, 0) is 24.6 Å². The third-order valence-electron chi connectivity index (χ3n) is 2.31. The maximum Gasteiger partial charge on any atom is 0.307 e. The summed E-state index contributed by atoms with van der Waals surface area (Å²) in [5.74, 6) is -0.212. The van der Waals surface area contributed by atoms with Crippen molar-refractivity contribution in [1.82, 2.24) is 5.32 Å². The van der Waals surface area contributed by atoms with Crippen LogP contribution in [-0.4, -0.2) is 19.1 Å². The number of nitriles is 1. The number of halogens is 1. The fourth-order valence-corrected chi connectivity index (χ4v) is 1.65. The first-order valence-corrected chi connectivity index (χ1v) is 6.10. The molecular formula is C13H15ClN2O2. The average Bonchev–Trinajstić information content (AvgIpc) is 2.36. The van der Waals surface area contributed by atoms with Crippen molar-refractivity contribution in [1.29, 1.82) is 5.26 Å². The van der Waals surface area contributed by atoms with Crippen molar-refractivity contribution < 1.29 is 9.53 Å². The number of nitrogens with one attached hydrogen (secondary N) is 1. The molecule has 0 aliphatic rings. The van der Waals surface area contributed by atoms with E-state index in [1.807, 2.05) is 6.07 Å². The van der Waals surface area contributed by atoms with Crippen molar-refractivity contribution in [2.24, 2.45) is 0 Å². The Labute approximate surface area is 112 Å². The highest BCUT2D eigenvalue weighted by Crippen LogP contribution is 2.17. The van der Waals surface area contributed by atoms with Crippen LogP contribution in [0.2, 0.25) is 5.02 Å². The van der Waals surface area contributed by atoms with E-state index in [-0.39, 0.29) is 5.97 Å². The highest BCUT2D eigenvalue weighted by atomic mass is 35.5. The quantitative estimate of drug-likeness (QED) is 0.634. The molecule has 1 aromatic rings. The topological polar surface area (TPSA) is 62.1 Å². The van der Waals surface area contributed by atoms with Gasteiger partial charge in [-0.2, -0.15) is 5.26 Å². The van der Waals surface area contributed by atoms with E-state index >= 15 is 0 Å². The number of esters is 1. The lowest BCUT2D eigenvalue weighted by Gasteiger charge is -2.06. The van der Waals surface area contributed by atoms with E-state index in [0.717, 1.165) is 5.56 Å². The van der Waals surface area contributed by atoms with E-state index in [0.29, 0.717) is 36.7 Å². The molecule has 0 amide bonds. The van der Waals surface area contributed by atoms with Gasteiger partial charge in [0.05, 0.1) is 24.7 Å². The highest BCUT2D eigenvalue weighted by Gasteiger charge is 2.03. The van der Waals surface area contributed by atoms with Crippen molar-refractivity contribution in [2.75, 3.05) is 13.2 Å². The van der Waals surface area contributed by atoms with Crippen LogP contribution in [0.3, 0.4) is 0 Å². The molecule has 1 N–H and O–H groups in total. The number of carbonyl (C=O) groups excluding carboxylic acids is 1. The van der Waals surface area contributed by atoms with Crippen LogP contribution in [-0.2, 0) is 16.1 Å². The number of benzene rings is 1. The largest absolute Gasteiger partial charge is 0.466 e. The second-order valence-electron chi connectivity index (χ2n) is 3.65. The Hall–Kier alpha value is -1.57. The number of hydrogen-bond donors (Lipinski definition) is 1. The van der Waals surface area contributed by atoms with Crippen molar-refractivity contribution in [3.8, 4) is 6.07 Å². The first-order chi connectivity index (χ1) is 8.67. The summed E-state index contributed by atoms with van der Waals surface area (Å²) in [5, 5.41) is 12.4. The van der Waals surface area contributed by atoms with Gasteiger partial charge in [0.15, 0.2) is 0 Å².